The Balaban J connectivity index is 1.75. The van der Waals surface area contributed by atoms with Crippen LogP contribution in [0.2, 0.25) is 0 Å². The van der Waals surface area contributed by atoms with Gasteiger partial charge < -0.3 is 10.1 Å². The fourth-order valence-electron chi connectivity index (χ4n) is 3.28. The summed E-state index contributed by atoms with van der Waals surface area (Å²) in [5.41, 5.74) is 0.820. The van der Waals surface area contributed by atoms with Crippen molar-refractivity contribution in [3.05, 3.63) is 35.4 Å². The van der Waals surface area contributed by atoms with E-state index in [9.17, 15) is 8.78 Å². The van der Waals surface area contributed by atoms with Crippen molar-refractivity contribution in [2.75, 3.05) is 19.7 Å². The molecule has 0 radical (unpaired) electrons. The second kappa shape index (κ2) is 5.17. The maximum Gasteiger partial charge on any atom is 0.126 e. The van der Waals surface area contributed by atoms with Gasteiger partial charge in [-0.3, -0.25) is 0 Å². The van der Waals surface area contributed by atoms with E-state index in [2.05, 4.69) is 5.32 Å². The molecule has 0 bridgehead atoms. The van der Waals surface area contributed by atoms with Gasteiger partial charge in [0.2, 0.25) is 0 Å². The van der Waals surface area contributed by atoms with Crippen LogP contribution >= 0.6 is 0 Å². The van der Waals surface area contributed by atoms with E-state index < -0.39 is 11.6 Å². The topological polar surface area (TPSA) is 21.3 Å². The highest BCUT2D eigenvalue weighted by Crippen LogP contribution is 2.40. The largest absolute Gasteiger partial charge is 0.372 e. The van der Waals surface area contributed by atoms with E-state index in [0.29, 0.717) is 18.7 Å². The zero-order valence-electron chi connectivity index (χ0n) is 10.9. The summed E-state index contributed by atoms with van der Waals surface area (Å²) in [6.07, 6.45) is 4.62. The molecule has 1 spiro atoms. The molecular weight excluding hydrogens is 248 g/mol. The Morgan fingerprint density at radius 2 is 1.79 bits per heavy atom. The minimum Gasteiger partial charge on any atom is -0.372 e. The monoisotopic (exact) mass is 267 g/mol. The molecule has 1 heterocycles. The fourth-order valence-corrected chi connectivity index (χ4v) is 3.28. The number of hydrogen-bond acceptors (Lipinski definition) is 2. The molecule has 1 saturated carbocycles. The summed E-state index contributed by atoms with van der Waals surface area (Å²) in [6.45, 7) is 2.24. The Morgan fingerprint density at radius 1 is 1.11 bits per heavy atom. The smallest absolute Gasteiger partial charge is 0.126 e. The standard InChI is InChI=1S/C15H19F2NO/c16-12-5-11(6-13(17)7-12)14-8-18-9-15(10-19-14)3-1-2-4-15/h5-7,14,18H,1-4,8-10H2. The van der Waals surface area contributed by atoms with Gasteiger partial charge in [-0.2, -0.15) is 0 Å². The number of hydrogen-bond donors (Lipinski definition) is 1. The normalized spacial score (nSPS) is 26.5. The SMILES string of the molecule is Fc1cc(F)cc(C2CNCC3(CCCC3)CO2)c1. The lowest BCUT2D eigenvalue weighted by Gasteiger charge is -2.26. The molecule has 104 valence electrons. The van der Waals surface area contributed by atoms with Crippen LogP contribution < -0.4 is 5.32 Å². The molecule has 1 atom stereocenters. The van der Waals surface area contributed by atoms with Gasteiger partial charge in [-0.15, -0.1) is 0 Å². The van der Waals surface area contributed by atoms with Crippen molar-refractivity contribution in [1.29, 1.82) is 0 Å². The lowest BCUT2D eigenvalue weighted by Crippen LogP contribution is -2.32. The molecular formula is C15H19F2NO. The van der Waals surface area contributed by atoms with E-state index in [1.807, 2.05) is 0 Å². The van der Waals surface area contributed by atoms with Gasteiger partial charge in [-0.1, -0.05) is 12.8 Å². The van der Waals surface area contributed by atoms with E-state index in [1.54, 1.807) is 0 Å². The average molecular weight is 267 g/mol. The van der Waals surface area contributed by atoms with E-state index >= 15 is 0 Å². The van der Waals surface area contributed by atoms with Crippen LogP contribution in [0.15, 0.2) is 18.2 Å². The Labute approximate surface area is 112 Å². The maximum atomic E-state index is 13.3. The Kier molecular flexibility index (Phi) is 3.54. The molecule has 2 aliphatic rings. The molecule has 1 aliphatic carbocycles. The third-order valence-electron chi connectivity index (χ3n) is 4.34. The molecule has 1 saturated heterocycles. The first-order valence-electron chi connectivity index (χ1n) is 6.95. The van der Waals surface area contributed by atoms with Crippen LogP contribution in [0.25, 0.3) is 0 Å². The van der Waals surface area contributed by atoms with Gasteiger partial charge >= 0.3 is 0 Å². The molecule has 4 heteroatoms. The van der Waals surface area contributed by atoms with E-state index in [-0.39, 0.29) is 11.5 Å². The van der Waals surface area contributed by atoms with Crippen molar-refractivity contribution in [2.45, 2.75) is 31.8 Å². The molecule has 1 aromatic carbocycles. The number of benzene rings is 1. The molecule has 2 fully saturated rings. The van der Waals surface area contributed by atoms with Gasteiger partial charge in [0.1, 0.15) is 11.6 Å². The maximum absolute atomic E-state index is 13.3. The Hall–Kier alpha value is -1.00. The number of ether oxygens (including phenoxy) is 1. The zero-order chi connectivity index (χ0) is 13.3. The quantitative estimate of drug-likeness (QED) is 0.843. The third kappa shape index (κ3) is 2.79. The van der Waals surface area contributed by atoms with Crippen LogP contribution in [-0.2, 0) is 4.74 Å². The number of nitrogens with one attached hydrogen (secondary N) is 1. The van der Waals surface area contributed by atoms with Crippen molar-refractivity contribution in [3.8, 4) is 0 Å². The summed E-state index contributed by atoms with van der Waals surface area (Å²) in [5, 5.41) is 3.40. The summed E-state index contributed by atoms with van der Waals surface area (Å²) in [5.74, 6) is -1.09. The highest BCUT2D eigenvalue weighted by molar-refractivity contribution is 5.21. The van der Waals surface area contributed by atoms with Crippen LogP contribution in [-0.4, -0.2) is 19.7 Å². The highest BCUT2D eigenvalue weighted by atomic mass is 19.1. The van der Waals surface area contributed by atoms with E-state index in [1.165, 1.54) is 37.8 Å². The second-order valence-corrected chi connectivity index (χ2v) is 5.84. The second-order valence-electron chi connectivity index (χ2n) is 5.84. The van der Waals surface area contributed by atoms with Gasteiger partial charge in [-0.05, 0) is 30.5 Å². The molecule has 1 unspecified atom stereocenters. The summed E-state index contributed by atoms with van der Waals surface area (Å²) >= 11 is 0. The van der Waals surface area contributed by atoms with Crippen LogP contribution in [0.1, 0.15) is 37.4 Å². The van der Waals surface area contributed by atoms with Crippen molar-refractivity contribution in [2.24, 2.45) is 5.41 Å². The lowest BCUT2D eigenvalue weighted by atomic mass is 9.87. The van der Waals surface area contributed by atoms with Gasteiger partial charge in [0.25, 0.3) is 0 Å². The third-order valence-corrected chi connectivity index (χ3v) is 4.34. The molecule has 1 aliphatic heterocycles. The summed E-state index contributed by atoms with van der Waals surface area (Å²) < 4.78 is 32.5. The minimum absolute atomic E-state index is 0.237. The predicted octanol–water partition coefficient (Wildman–Crippen LogP) is 3.19. The van der Waals surface area contributed by atoms with Gasteiger partial charge in [-0.25, -0.2) is 8.78 Å². The first kappa shape index (κ1) is 13.0. The first-order chi connectivity index (χ1) is 9.17. The van der Waals surface area contributed by atoms with Gasteiger partial charge in [0.05, 0.1) is 12.7 Å². The molecule has 1 aromatic rings. The van der Waals surface area contributed by atoms with E-state index in [0.717, 1.165) is 12.6 Å². The van der Waals surface area contributed by atoms with Gasteiger partial charge in [0, 0.05) is 24.6 Å². The van der Waals surface area contributed by atoms with Crippen molar-refractivity contribution >= 4 is 0 Å². The number of halogens is 2. The predicted molar refractivity (Wildman–Crippen MR) is 68.8 cm³/mol. The molecule has 3 rings (SSSR count). The van der Waals surface area contributed by atoms with Crippen LogP contribution in [0.3, 0.4) is 0 Å². The van der Waals surface area contributed by atoms with Crippen molar-refractivity contribution in [3.63, 3.8) is 0 Å². The molecule has 0 aromatic heterocycles. The van der Waals surface area contributed by atoms with Crippen LogP contribution in [0.5, 0.6) is 0 Å². The highest BCUT2D eigenvalue weighted by Gasteiger charge is 2.36. The summed E-state index contributed by atoms with van der Waals surface area (Å²) in [4.78, 5) is 0. The summed E-state index contributed by atoms with van der Waals surface area (Å²) in [6, 6.07) is 3.62. The Bertz CT molecular complexity index is 437. The number of rotatable bonds is 1. The zero-order valence-corrected chi connectivity index (χ0v) is 10.9. The summed E-state index contributed by atoms with van der Waals surface area (Å²) in [7, 11) is 0. The van der Waals surface area contributed by atoms with Gasteiger partial charge in [0.15, 0.2) is 0 Å². The van der Waals surface area contributed by atoms with Crippen LogP contribution in [0, 0.1) is 17.0 Å². The fraction of sp³-hybridized carbons (Fsp3) is 0.600. The lowest BCUT2D eigenvalue weighted by molar-refractivity contribution is 0.0155. The minimum atomic E-state index is -0.543. The van der Waals surface area contributed by atoms with Crippen molar-refractivity contribution in [1.82, 2.24) is 5.32 Å². The van der Waals surface area contributed by atoms with E-state index in [4.69, 9.17) is 4.74 Å². The molecule has 1 N–H and O–H groups in total. The average Bonchev–Trinajstić information content (AvgIpc) is 2.70. The Morgan fingerprint density at radius 3 is 2.47 bits per heavy atom. The molecule has 0 amide bonds. The van der Waals surface area contributed by atoms with Crippen molar-refractivity contribution < 1.29 is 13.5 Å². The molecule has 2 nitrogen and oxygen atoms in total. The first-order valence-corrected chi connectivity index (χ1v) is 6.95. The van der Waals surface area contributed by atoms with Crippen LogP contribution in [0.4, 0.5) is 8.78 Å². The molecule has 19 heavy (non-hydrogen) atoms.